The van der Waals surface area contributed by atoms with E-state index in [1.165, 1.54) is 0 Å². The molecule has 2 rings (SSSR count). The van der Waals surface area contributed by atoms with Gasteiger partial charge in [-0.1, -0.05) is 12.1 Å². The molecule has 1 unspecified atom stereocenters. The summed E-state index contributed by atoms with van der Waals surface area (Å²) in [6.07, 6.45) is -0.432. The maximum absolute atomic E-state index is 9.97. The van der Waals surface area contributed by atoms with Gasteiger partial charge in [-0.25, -0.2) is 0 Å². The van der Waals surface area contributed by atoms with Crippen LogP contribution in [0, 0.1) is 0 Å². The van der Waals surface area contributed by atoms with Crippen LogP contribution in [-0.2, 0) is 11.3 Å². The van der Waals surface area contributed by atoms with Crippen LogP contribution in [0.1, 0.15) is 5.56 Å². The lowest BCUT2D eigenvalue weighted by atomic mass is 10.2. The lowest BCUT2D eigenvalue weighted by molar-refractivity contribution is 0.00819. The van der Waals surface area contributed by atoms with Crippen molar-refractivity contribution in [2.45, 2.75) is 12.7 Å². The molecular weight excluding hydrogens is 256 g/mol. The Morgan fingerprint density at radius 3 is 2.90 bits per heavy atom. The van der Waals surface area contributed by atoms with Crippen LogP contribution < -0.4 is 10.1 Å². The zero-order chi connectivity index (χ0) is 14.2. The highest BCUT2D eigenvalue weighted by molar-refractivity contribution is 5.27. The summed E-state index contributed by atoms with van der Waals surface area (Å²) in [5.41, 5.74) is 1.05. The van der Waals surface area contributed by atoms with Gasteiger partial charge in [0.15, 0.2) is 0 Å². The molecule has 5 nitrogen and oxygen atoms in total. The van der Waals surface area contributed by atoms with Crippen molar-refractivity contribution in [2.75, 3.05) is 46.4 Å². The minimum Gasteiger partial charge on any atom is -0.497 e. The van der Waals surface area contributed by atoms with Crippen LogP contribution in [0.25, 0.3) is 0 Å². The van der Waals surface area contributed by atoms with Crippen LogP contribution in [-0.4, -0.2) is 62.6 Å². The van der Waals surface area contributed by atoms with Crippen molar-refractivity contribution < 1.29 is 14.6 Å². The third-order valence-electron chi connectivity index (χ3n) is 3.39. The van der Waals surface area contributed by atoms with Crippen LogP contribution in [0.2, 0.25) is 0 Å². The lowest BCUT2D eigenvalue weighted by Crippen LogP contribution is -2.47. The first-order valence-corrected chi connectivity index (χ1v) is 7.10. The van der Waals surface area contributed by atoms with E-state index in [0.717, 1.165) is 37.5 Å². The van der Waals surface area contributed by atoms with Crippen LogP contribution in [0.5, 0.6) is 5.75 Å². The van der Waals surface area contributed by atoms with E-state index in [2.05, 4.69) is 10.2 Å². The first kappa shape index (κ1) is 15.3. The summed E-state index contributed by atoms with van der Waals surface area (Å²) in [6, 6.07) is 7.78. The van der Waals surface area contributed by atoms with E-state index in [-0.39, 0.29) is 0 Å². The van der Waals surface area contributed by atoms with Gasteiger partial charge in [0.25, 0.3) is 0 Å². The van der Waals surface area contributed by atoms with Crippen molar-refractivity contribution in [1.29, 1.82) is 0 Å². The number of aliphatic hydroxyl groups is 1. The van der Waals surface area contributed by atoms with Crippen LogP contribution in [0.3, 0.4) is 0 Å². The van der Waals surface area contributed by atoms with Crippen molar-refractivity contribution >= 4 is 0 Å². The number of methoxy groups -OCH3 is 1. The number of nitrogens with zero attached hydrogens (tertiary/aromatic N) is 1. The van der Waals surface area contributed by atoms with Crippen LogP contribution in [0.4, 0.5) is 0 Å². The van der Waals surface area contributed by atoms with Gasteiger partial charge in [-0.05, 0) is 17.7 Å². The molecule has 1 heterocycles. The van der Waals surface area contributed by atoms with E-state index in [0.29, 0.717) is 19.8 Å². The molecule has 1 aromatic carbocycles. The minimum absolute atomic E-state index is 0.362. The van der Waals surface area contributed by atoms with Gasteiger partial charge >= 0.3 is 0 Å². The van der Waals surface area contributed by atoms with Gasteiger partial charge in [0.05, 0.1) is 26.4 Å². The van der Waals surface area contributed by atoms with Crippen molar-refractivity contribution in [3.63, 3.8) is 0 Å². The van der Waals surface area contributed by atoms with E-state index in [1.807, 2.05) is 24.3 Å². The number of rotatable bonds is 7. The molecule has 112 valence electrons. The van der Waals surface area contributed by atoms with Crippen molar-refractivity contribution in [2.24, 2.45) is 0 Å². The molecule has 1 aliphatic heterocycles. The van der Waals surface area contributed by atoms with Gasteiger partial charge in [0, 0.05) is 32.7 Å². The number of piperazine rings is 1. The van der Waals surface area contributed by atoms with Gasteiger partial charge in [0.2, 0.25) is 0 Å². The molecule has 2 N–H and O–H groups in total. The maximum Gasteiger partial charge on any atom is 0.119 e. The van der Waals surface area contributed by atoms with Crippen molar-refractivity contribution in [1.82, 2.24) is 10.2 Å². The molecule has 0 radical (unpaired) electrons. The molecule has 1 aliphatic rings. The molecule has 0 amide bonds. The fourth-order valence-corrected chi connectivity index (χ4v) is 2.32. The Hall–Kier alpha value is -1.14. The third-order valence-corrected chi connectivity index (χ3v) is 3.39. The monoisotopic (exact) mass is 280 g/mol. The summed E-state index contributed by atoms with van der Waals surface area (Å²) < 4.78 is 10.7. The number of benzene rings is 1. The summed E-state index contributed by atoms with van der Waals surface area (Å²) >= 11 is 0. The molecule has 5 heteroatoms. The first-order valence-electron chi connectivity index (χ1n) is 7.10. The predicted octanol–water partition coefficient (Wildman–Crippen LogP) is 0.478. The molecule has 1 atom stereocenters. The van der Waals surface area contributed by atoms with E-state index < -0.39 is 6.10 Å². The highest BCUT2D eigenvalue weighted by Gasteiger charge is 2.14. The first-order chi connectivity index (χ1) is 9.78. The number of ether oxygens (including phenoxy) is 2. The Bertz CT molecular complexity index is 394. The zero-order valence-electron chi connectivity index (χ0n) is 12.0. The number of nitrogens with one attached hydrogen (secondary N) is 1. The van der Waals surface area contributed by atoms with Gasteiger partial charge in [-0.3, -0.25) is 4.90 Å². The Morgan fingerprint density at radius 2 is 2.15 bits per heavy atom. The highest BCUT2D eigenvalue weighted by Crippen LogP contribution is 2.13. The summed E-state index contributed by atoms with van der Waals surface area (Å²) in [5, 5.41) is 13.3. The molecule has 0 bridgehead atoms. The highest BCUT2D eigenvalue weighted by atomic mass is 16.5. The topological polar surface area (TPSA) is 54.0 Å². The average Bonchev–Trinajstić information content (AvgIpc) is 2.48. The second-order valence-corrected chi connectivity index (χ2v) is 5.07. The number of aliphatic hydroxyl groups excluding tert-OH is 1. The number of β-amino-alcohol motifs (C(OH)–C–C–N with tert-alkyl or cyclic N) is 1. The fourth-order valence-electron chi connectivity index (χ4n) is 2.32. The second-order valence-electron chi connectivity index (χ2n) is 5.07. The summed E-state index contributed by atoms with van der Waals surface area (Å²) in [4.78, 5) is 2.26. The zero-order valence-corrected chi connectivity index (χ0v) is 12.0. The van der Waals surface area contributed by atoms with Gasteiger partial charge in [0.1, 0.15) is 5.75 Å². The second kappa shape index (κ2) is 8.21. The molecule has 20 heavy (non-hydrogen) atoms. The normalized spacial score (nSPS) is 17.9. The van der Waals surface area contributed by atoms with E-state index in [4.69, 9.17) is 9.47 Å². The molecule has 1 fully saturated rings. The van der Waals surface area contributed by atoms with Crippen LogP contribution in [0.15, 0.2) is 24.3 Å². The van der Waals surface area contributed by atoms with E-state index >= 15 is 0 Å². The molecule has 1 saturated heterocycles. The largest absolute Gasteiger partial charge is 0.497 e. The Balaban J connectivity index is 1.66. The third kappa shape index (κ3) is 5.09. The maximum atomic E-state index is 9.97. The van der Waals surface area contributed by atoms with Gasteiger partial charge < -0.3 is 19.9 Å². The lowest BCUT2D eigenvalue weighted by Gasteiger charge is -2.28. The molecular formula is C15H24N2O3. The summed E-state index contributed by atoms with van der Waals surface area (Å²) in [5.74, 6) is 0.826. The predicted molar refractivity (Wildman–Crippen MR) is 78.0 cm³/mol. The minimum atomic E-state index is -0.432. The Kier molecular flexibility index (Phi) is 6.26. The van der Waals surface area contributed by atoms with Gasteiger partial charge in [-0.2, -0.15) is 0 Å². The fraction of sp³-hybridized carbons (Fsp3) is 0.600. The molecule has 0 aromatic heterocycles. The van der Waals surface area contributed by atoms with Gasteiger partial charge in [-0.15, -0.1) is 0 Å². The van der Waals surface area contributed by atoms with E-state index in [9.17, 15) is 5.11 Å². The average molecular weight is 280 g/mol. The smallest absolute Gasteiger partial charge is 0.119 e. The Labute approximate surface area is 120 Å². The van der Waals surface area contributed by atoms with Crippen LogP contribution >= 0.6 is 0 Å². The number of hydrogen-bond donors (Lipinski definition) is 2. The standard InChI is InChI=1S/C15H24N2O3/c1-19-15-4-2-3-13(9-15)11-20-12-14(18)10-17-7-5-16-6-8-17/h2-4,9,14,16,18H,5-8,10-12H2,1H3. The molecule has 0 aliphatic carbocycles. The van der Waals surface area contributed by atoms with E-state index in [1.54, 1.807) is 7.11 Å². The SMILES string of the molecule is COc1cccc(COCC(O)CN2CCNCC2)c1. The molecule has 0 saturated carbocycles. The summed E-state index contributed by atoms with van der Waals surface area (Å²) in [6.45, 7) is 5.52. The summed E-state index contributed by atoms with van der Waals surface area (Å²) in [7, 11) is 1.65. The number of hydrogen-bond acceptors (Lipinski definition) is 5. The Morgan fingerprint density at radius 1 is 1.35 bits per heavy atom. The molecule has 0 spiro atoms. The quantitative estimate of drug-likeness (QED) is 0.761. The van der Waals surface area contributed by atoms with Crippen molar-refractivity contribution in [3.05, 3.63) is 29.8 Å². The van der Waals surface area contributed by atoms with Crippen molar-refractivity contribution in [3.8, 4) is 5.75 Å². The molecule has 1 aromatic rings.